The van der Waals surface area contributed by atoms with Crippen LogP contribution in [0, 0.1) is 6.92 Å². The highest BCUT2D eigenvalue weighted by molar-refractivity contribution is 7.92. The summed E-state index contributed by atoms with van der Waals surface area (Å²) in [5.74, 6) is -0.350. The molecule has 3 aromatic rings. The minimum absolute atomic E-state index is 0.171. The van der Waals surface area contributed by atoms with Gasteiger partial charge in [-0.25, -0.2) is 8.42 Å². The molecule has 0 radical (unpaired) electrons. The summed E-state index contributed by atoms with van der Waals surface area (Å²) in [4.78, 5) is 12.9. The van der Waals surface area contributed by atoms with Gasteiger partial charge in [-0.15, -0.1) is 0 Å². The Hall–Kier alpha value is -2.83. The predicted octanol–water partition coefficient (Wildman–Crippen LogP) is 5.29. The topological polar surface area (TPSA) is 66.5 Å². The molecule has 30 heavy (non-hydrogen) atoms. The zero-order chi connectivity index (χ0) is 21.9. The van der Waals surface area contributed by atoms with E-state index in [9.17, 15) is 13.2 Å². The number of nitrogens with zero attached hydrogens (tertiary/aromatic N) is 1. The Balaban J connectivity index is 1.85. The summed E-state index contributed by atoms with van der Waals surface area (Å²) in [5, 5.41) is 3.04. The second-order valence-corrected chi connectivity index (χ2v) is 9.29. The summed E-state index contributed by atoms with van der Waals surface area (Å²) in [6, 6.07) is 18.8. The Labute approximate surface area is 182 Å². The van der Waals surface area contributed by atoms with Gasteiger partial charge in [-0.3, -0.25) is 9.10 Å². The predicted molar refractivity (Wildman–Crippen MR) is 122 cm³/mol. The minimum Gasteiger partial charge on any atom is -0.322 e. The molecule has 5 nitrogen and oxygen atoms in total. The number of benzene rings is 3. The molecule has 0 aromatic heterocycles. The van der Waals surface area contributed by atoms with Gasteiger partial charge >= 0.3 is 0 Å². The number of carbonyl (C=O) groups excluding carboxylic acids is 1. The second-order valence-electron chi connectivity index (χ2n) is 6.91. The van der Waals surface area contributed by atoms with Crippen molar-refractivity contribution in [3.05, 3.63) is 88.4 Å². The fraction of sp³-hybridized carbons (Fsp3) is 0.174. The third-order valence-corrected chi connectivity index (χ3v) is 7.00. The number of hydrogen-bond donors (Lipinski definition) is 1. The molecule has 0 bridgehead atoms. The molecule has 7 heteroatoms. The molecule has 0 atom stereocenters. The first-order valence-corrected chi connectivity index (χ1v) is 11.3. The van der Waals surface area contributed by atoms with Crippen molar-refractivity contribution in [2.24, 2.45) is 0 Å². The zero-order valence-corrected chi connectivity index (χ0v) is 18.6. The molecule has 3 aromatic carbocycles. The summed E-state index contributed by atoms with van der Waals surface area (Å²) in [6.07, 6.45) is 0.783. The standard InChI is InChI=1S/C23H23ClN2O3S/c1-4-17-7-5-6-8-22(17)25-23(27)20-14-11-18(15-21(20)24)26(3)30(28,29)19-12-9-16(2)10-13-19/h5-15H,4H2,1-3H3,(H,25,27). The summed E-state index contributed by atoms with van der Waals surface area (Å²) in [6.45, 7) is 3.90. The maximum absolute atomic E-state index is 12.9. The fourth-order valence-corrected chi connectivity index (χ4v) is 4.48. The van der Waals surface area contributed by atoms with Gasteiger partial charge in [0.2, 0.25) is 0 Å². The number of rotatable bonds is 6. The number of para-hydroxylation sites is 1. The summed E-state index contributed by atoms with van der Waals surface area (Å²) < 4.78 is 26.9. The van der Waals surface area contributed by atoms with Gasteiger partial charge in [0.1, 0.15) is 0 Å². The van der Waals surface area contributed by atoms with Crippen molar-refractivity contribution in [3.63, 3.8) is 0 Å². The lowest BCUT2D eigenvalue weighted by Crippen LogP contribution is -2.26. The molecule has 3 rings (SSSR count). The van der Waals surface area contributed by atoms with E-state index in [1.807, 2.05) is 38.1 Å². The average molecular weight is 443 g/mol. The van der Waals surface area contributed by atoms with Crippen molar-refractivity contribution in [2.75, 3.05) is 16.7 Å². The van der Waals surface area contributed by atoms with Crippen LogP contribution in [0.3, 0.4) is 0 Å². The number of hydrogen-bond acceptors (Lipinski definition) is 3. The molecule has 0 unspecified atom stereocenters. The minimum atomic E-state index is -3.74. The van der Waals surface area contributed by atoms with E-state index < -0.39 is 10.0 Å². The van der Waals surface area contributed by atoms with E-state index in [-0.39, 0.29) is 21.4 Å². The van der Waals surface area contributed by atoms with Gasteiger partial charge in [-0.2, -0.15) is 0 Å². The Morgan fingerprint density at radius 3 is 2.33 bits per heavy atom. The van der Waals surface area contributed by atoms with Crippen LogP contribution in [0.15, 0.2) is 71.6 Å². The third kappa shape index (κ3) is 4.50. The molecule has 0 aliphatic carbocycles. The number of carbonyl (C=O) groups is 1. The Morgan fingerprint density at radius 2 is 1.70 bits per heavy atom. The number of anilines is 2. The highest BCUT2D eigenvalue weighted by atomic mass is 35.5. The highest BCUT2D eigenvalue weighted by Gasteiger charge is 2.22. The monoisotopic (exact) mass is 442 g/mol. The maximum Gasteiger partial charge on any atom is 0.264 e. The van der Waals surface area contributed by atoms with Gasteiger partial charge in [0.25, 0.3) is 15.9 Å². The van der Waals surface area contributed by atoms with Crippen molar-refractivity contribution in [2.45, 2.75) is 25.2 Å². The van der Waals surface area contributed by atoms with E-state index >= 15 is 0 Å². The first-order chi connectivity index (χ1) is 14.2. The summed E-state index contributed by atoms with van der Waals surface area (Å²) >= 11 is 6.34. The van der Waals surface area contributed by atoms with Crippen LogP contribution in [0.2, 0.25) is 5.02 Å². The summed E-state index contributed by atoms with van der Waals surface area (Å²) in [5.41, 5.74) is 3.35. The van der Waals surface area contributed by atoms with E-state index in [0.29, 0.717) is 5.69 Å². The molecule has 0 aliphatic rings. The van der Waals surface area contributed by atoms with Gasteiger partial charge in [-0.1, -0.05) is 54.4 Å². The van der Waals surface area contributed by atoms with Gasteiger partial charge < -0.3 is 5.32 Å². The van der Waals surface area contributed by atoms with Crippen molar-refractivity contribution in [1.29, 1.82) is 0 Å². The molecule has 1 N–H and O–H groups in total. The Bertz CT molecular complexity index is 1180. The van der Waals surface area contributed by atoms with Crippen LogP contribution in [0.4, 0.5) is 11.4 Å². The van der Waals surface area contributed by atoms with Crippen molar-refractivity contribution in [1.82, 2.24) is 0 Å². The number of amides is 1. The molecular formula is C23H23ClN2O3S. The molecule has 0 spiro atoms. The van der Waals surface area contributed by atoms with Crippen molar-refractivity contribution < 1.29 is 13.2 Å². The first-order valence-electron chi connectivity index (χ1n) is 9.48. The molecule has 0 fully saturated rings. The van der Waals surface area contributed by atoms with Gasteiger partial charge in [0.15, 0.2) is 0 Å². The molecule has 1 amide bonds. The highest BCUT2D eigenvalue weighted by Crippen LogP contribution is 2.28. The van der Waals surface area contributed by atoms with Crippen LogP contribution >= 0.6 is 11.6 Å². The van der Waals surface area contributed by atoms with E-state index in [4.69, 9.17) is 11.6 Å². The van der Waals surface area contributed by atoms with Gasteiger partial charge in [0.05, 0.1) is 21.2 Å². The van der Waals surface area contributed by atoms with Crippen LogP contribution in [0.1, 0.15) is 28.4 Å². The number of halogens is 1. The lowest BCUT2D eigenvalue weighted by molar-refractivity contribution is 0.102. The quantitative estimate of drug-likeness (QED) is 0.564. The van der Waals surface area contributed by atoms with Crippen molar-refractivity contribution in [3.8, 4) is 0 Å². The maximum atomic E-state index is 12.9. The summed E-state index contributed by atoms with van der Waals surface area (Å²) in [7, 11) is -2.29. The molecule has 156 valence electrons. The van der Waals surface area contributed by atoms with E-state index in [0.717, 1.165) is 27.5 Å². The third-order valence-electron chi connectivity index (χ3n) is 4.89. The second kappa shape index (κ2) is 8.90. The Morgan fingerprint density at radius 1 is 1.03 bits per heavy atom. The molecular weight excluding hydrogens is 420 g/mol. The largest absolute Gasteiger partial charge is 0.322 e. The molecule has 0 aliphatic heterocycles. The van der Waals surface area contributed by atoms with E-state index in [1.165, 1.54) is 19.2 Å². The van der Waals surface area contributed by atoms with Crippen molar-refractivity contribution >= 4 is 38.9 Å². The van der Waals surface area contributed by atoms with E-state index in [2.05, 4.69) is 5.32 Å². The average Bonchev–Trinajstić information content (AvgIpc) is 2.73. The van der Waals surface area contributed by atoms with Crippen LogP contribution < -0.4 is 9.62 Å². The number of aryl methyl sites for hydroxylation is 2. The number of nitrogens with one attached hydrogen (secondary N) is 1. The van der Waals surface area contributed by atoms with E-state index in [1.54, 1.807) is 30.3 Å². The molecule has 0 heterocycles. The van der Waals surface area contributed by atoms with Crippen LogP contribution in [0.5, 0.6) is 0 Å². The smallest absolute Gasteiger partial charge is 0.264 e. The lowest BCUT2D eigenvalue weighted by atomic mass is 10.1. The van der Waals surface area contributed by atoms with Crippen LogP contribution in [0.25, 0.3) is 0 Å². The SMILES string of the molecule is CCc1ccccc1NC(=O)c1ccc(N(C)S(=O)(=O)c2ccc(C)cc2)cc1Cl. The fourth-order valence-electron chi connectivity index (χ4n) is 3.03. The normalized spacial score (nSPS) is 11.2. The van der Waals surface area contributed by atoms with Crippen LogP contribution in [-0.2, 0) is 16.4 Å². The first kappa shape index (κ1) is 21.9. The molecule has 0 saturated carbocycles. The Kier molecular flexibility index (Phi) is 6.48. The molecule has 0 saturated heterocycles. The van der Waals surface area contributed by atoms with Gasteiger partial charge in [0, 0.05) is 12.7 Å². The van der Waals surface area contributed by atoms with Crippen LogP contribution in [-0.4, -0.2) is 21.4 Å². The van der Waals surface area contributed by atoms with Gasteiger partial charge in [-0.05, 0) is 55.3 Å². The number of sulfonamides is 1. The lowest BCUT2D eigenvalue weighted by Gasteiger charge is -2.20. The zero-order valence-electron chi connectivity index (χ0n) is 17.0.